The second-order valence-corrected chi connectivity index (χ2v) is 6.64. The zero-order chi connectivity index (χ0) is 17.7. The average Bonchev–Trinajstić information content (AvgIpc) is 2.52. The van der Waals surface area contributed by atoms with Crippen molar-refractivity contribution in [2.24, 2.45) is 11.8 Å². The van der Waals surface area contributed by atoms with E-state index in [0.717, 1.165) is 10.9 Å². The van der Waals surface area contributed by atoms with Crippen molar-refractivity contribution in [3.63, 3.8) is 0 Å². The Hall–Kier alpha value is -1.57. The number of anilines is 1. The standard InChI is InChI=1S/C16H17BrF3NO3/c17-10-4-3-5-11(8-10)21-14(22)12-6-1-2-7-13(12)15(23)24-9-16(18,19)20/h3-5,8,12-13H,1-2,6-7,9H2,(H,21,22)/t12-,13-/m0/s1. The van der Waals surface area contributed by atoms with Crippen molar-refractivity contribution in [3.8, 4) is 0 Å². The summed E-state index contributed by atoms with van der Waals surface area (Å²) in [6.07, 6.45) is -2.33. The summed E-state index contributed by atoms with van der Waals surface area (Å²) in [6, 6.07) is 6.95. The summed E-state index contributed by atoms with van der Waals surface area (Å²) in [6.45, 7) is -1.62. The Balaban J connectivity index is 2.02. The minimum Gasteiger partial charge on any atom is -0.456 e. The number of benzene rings is 1. The van der Waals surface area contributed by atoms with Gasteiger partial charge in [-0.3, -0.25) is 9.59 Å². The highest BCUT2D eigenvalue weighted by Gasteiger charge is 2.38. The highest BCUT2D eigenvalue weighted by Crippen LogP contribution is 2.32. The number of carbonyl (C=O) groups excluding carboxylic acids is 2. The van der Waals surface area contributed by atoms with Crippen LogP contribution in [-0.2, 0) is 14.3 Å². The minimum absolute atomic E-state index is 0.354. The van der Waals surface area contributed by atoms with Crippen LogP contribution < -0.4 is 5.32 Å². The Labute approximate surface area is 145 Å². The van der Waals surface area contributed by atoms with E-state index >= 15 is 0 Å². The molecule has 1 fully saturated rings. The van der Waals surface area contributed by atoms with E-state index in [9.17, 15) is 22.8 Å². The molecule has 0 bridgehead atoms. The first-order valence-electron chi connectivity index (χ1n) is 7.56. The maximum atomic E-state index is 12.4. The van der Waals surface area contributed by atoms with Crippen LogP contribution in [0.5, 0.6) is 0 Å². The number of ether oxygens (including phenoxy) is 1. The molecule has 1 N–H and O–H groups in total. The monoisotopic (exact) mass is 407 g/mol. The van der Waals surface area contributed by atoms with Gasteiger partial charge in [-0.15, -0.1) is 0 Å². The summed E-state index contributed by atoms with van der Waals surface area (Å²) in [5.74, 6) is -2.85. The van der Waals surface area contributed by atoms with Crippen molar-refractivity contribution in [2.75, 3.05) is 11.9 Å². The molecule has 0 aliphatic heterocycles. The maximum Gasteiger partial charge on any atom is 0.422 e. The normalized spacial score (nSPS) is 21.2. The van der Waals surface area contributed by atoms with E-state index in [1.807, 2.05) is 0 Å². The Morgan fingerprint density at radius 1 is 1.21 bits per heavy atom. The molecule has 2 atom stereocenters. The van der Waals surface area contributed by atoms with E-state index in [1.165, 1.54) is 0 Å². The fourth-order valence-corrected chi connectivity index (χ4v) is 3.19. The first-order chi connectivity index (χ1) is 11.3. The van der Waals surface area contributed by atoms with Crippen LogP contribution >= 0.6 is 15.9 Å². The van der Waals surface area contributed by atoms with E-state index < -0.39 is 30.6 Å². The summed E-state index contributed by atoms with van der Waals surface area (Å²) < 4.78 is 41.7. The third-order valence-electron chi connectivity index (χ3n) is 3.88. The van der Waals surface area contributed by atoms with Gasteiger partial charge in [0, 0.05) is 10.2 Å². The molecular weight excluding hydrogens is 391 g/mol. The van der Waals surface area contributed by atoms with Crippen LogP contribution in [0, 0.1) is 11.8 Å². The molecule has 1 amide bonds. The lowest BCUT2D eigenvalue weighted by Crippen LogP contribution is -2.38. The van der Waals surface area contributed by atoms with Gasteiger partial charge in [-0.2, -0.15) is 13.2 Å². The Morgan fingerprint density at radius 3 is 2.50 bits per heavy atom. The molecule has 0 heterocycles. The van der Waals surface area contributed by atoms with Gasteiger partial charge in [0.1, 0.15) is 0 Å². The smallest absolute Gasteiger partial charge is 0.422 e. The summed E-state index contributed by atoms with van der Waals surface area (Å²) in [5, 5.41) is 2.71. The molecule has 1 saturated carbocycles. The molecule has 1 aliphatic carbocycles. The lowest BCUT2D eigenvalue weighted by molar-refractivity contribution is -0.191. The molecule has 2 rings (SSSR count). The van der Waals surface area contributed by atoms with Gasteiger partial charge < -0.3 is 10.1 Å². The molecule has 0 unspecified atom stereocenters. The Morgan fingerprint density at radius 2 is 1.88 bits per heavy atom. The van der Waals surface area contributed by atoms with Gasteiger partial charge in [0.05, 0.1) is 11.8 Å². The molecule has 1 aromatic rings. The van der Waals surface area contributed by atoms with Crippen molar-refractivity contribution in [1.29, 1.82) is 0 Å². The fraction of sp³-hybridized carbons (Fsp3) is 0.500. The fourth-order valence-electron chi connectivity index (χ4n) is 2.79. The quantitative estimate of drug-likeness (QED) is 0.756. The summed E-state index contributed by atoms with van der Waals surface area (Å²) >= 11 is 3.29. The molecule has 4 nitrogen and oxygen atoms in total. The Bertz CT molecular complexity index is 606. The number of nitrogens with one attached hydrogen (secondary N) is 1. The molecule has 0 radical (unpaired) electrons. The number of alkyl halides is 3. The van der Waals surface area contributed by atoms with Gasteiger partial charge in [-0.05, 0) is 31.0 Å². The predicted molar refractivity (Wildman–Crippen MR) is 85.2 cm³/mol. The van der Waals surface area contributed by atoms with Crippen molar-refractivity contribution >= 4 is 33.5 Å². The second-order valence-electron chi connectivity index (χ2n) is 5.72. The predicted octanol–water partition coefficient (Wildman–Crippen LogP) is 4.30. The number of rotatable bonds is 4. The van der Waals surface area contributed by atoms with Crippen LogP contribution in [0.2, 0.25) is 0 Å². The number of esters is 1. The lowest BCUT2D eigenvalue weighted by Gasteiger charge is -2.29. The van der Waals surface area contributed by atoms with E-state index in [-0.39, 0.29) is 5.91 Å². The van der Waals surface area contributed by atoms with Crippen molar-refractivity contribution in [1.82, 2.24) is 0 Å². The van der Waals surface area contributed by atoms with Crippen LogP contribution in [-0.4, -0.2) is 24.7 Å². The van der Waals surface area contributed by atoms with Crippen molar-refractivity contribution in [2.45, 2.75) is 31.9 Å². The molecule has 1 aromatic carbocycles. The van der Waals surface area contributed by atoms with Crippen molar-refractivity contribution in [3.05, 3.63) is 28.7 Å². The highest BCUT2D eigenvalue weighted by molar-refractivity contribution is 9.10. The van der Waals surface area contributed by atoms with Gasteiger partial charge in [-0.25, -0.2) is 0 Å². The summed E-state index contributed by atoms with van der Waals surface area (Å²) in [5.41, 5.74) is 0.558. The van der Waals surface area contributed by atoms with E-state index in [2.05, 4.69) is 26.0 Å². The van der Waals surface area contributed by atoms with E-state index in [4.69, 9.17) is 0 Å². The van der Waals surface area contributed by atoms with Gasteiger partial charge in [0.15, 0.2) is 6.61 Å². The van der Waals surface area contributed by atoms with E-state index in [0.29, 0.717) is 24.9 Å². The number of amides is 1. The molecule has 8 heteroatoms. The third kappa shape index (κ3) is 5.51. The molecular formula is C16H17BrF3NO3. The first kappa shape index (κ1) is 18.8. The highest BCUT2D eigenvalue weighted by atomic mass is 79.9. The molecule has 1 aliphatic rings. The van der Waals surface area contributed by atoms with Crippen LogP contribution in [0.4, 0.5) is 18.9 Å². The molecule has 0 spiro atoms. The maximum absolute atomic E-state index is 12.4. The van der Waals surface area contributed by atoms with Gasteiger partial charge in [-0.1, -0.05) is 34.8 Å². The number of carbonyl (C=O) groups is 2. The van der Waals surface area contributed by atoms with E-state index in [1.54, 1.807) is 24.3 Å². The van der Waals surface area contributed by atoms with Crippen LogP contribution in [0.25, 0.3) is 0 Å². The first-order valence-corrected chi connectivity index (χ1v) is 8.35. The number of halogens is 4. The zero-order valence-corrected chi connectivity index (χ0v) is 14.3. The second kappa shape index (κ2) is 8.00. The number of hydrogen-bond acceptors (Lipinski definition) is 3. The molecule has 24 heavy (non-hydrogen) atoms. The van der Waals surface area contributed by atoms with Gasteiger partial charge in [0.2, 0.25) is 5.91 Å². The molecule has 132 valence electrons. The van der Waals surface area contributed by atoms with Crippen LogP contribution in [0.1, 0.15) is 25.7 Å². The van der Waals surface area contributed by atoms with Gasteiger partial charge >= 0.3 is 12.1 Å². The average molecular weight is 408 g/mol. The van der Waals surface area contributed by atoms with Crippen molar-refractivity contribution < 1.29 is 27.5 Å². The van der Waals surface area contributed by atoms with Crippen LogP contribution in [0.15, 0.2) is 28.7 Å². The topological polar surface area (TPSA) is 55.4 Å². The SMILES string of the molecule is O=C(Nc1cccc(Br)c1)[C@H]1CCCC[C@@H]1C(=O)OCC(F)(F)F. The number of hydrogen-bond donors (Lipinski definition) is 1. The summed E-state index contributed by atoms with van der Waals surface area (Å²) in [7, 11) is 0. The summed E-state index contributed by atoms with van der Waals surface area (Å²) in [4.78, 5) is 24.4. The lowest BCUT2D eigenvalue weighted by atomic mass is 9.78. The molecule has 0 aromatic heterocycles. The molecule has 0 saturated heterocycles. The van der Waals surface area contributed by atoms with Gasteiger partial charge in [0.25, 0.3) is 0 Å². The Kier molecular flexibility index (Phi) is 6.26. The largest absolute Gasteiger partial charge is 0.456 e. The minimum atomic E-state index is -4.57. The van der Waals surface area contributed by atoms with Crippen LogP contribution in [0.3, 0.4) is 0 Å². The zero-order valence-electron chi connectivity index (χ0n) is 12.7. The third-order valence-corrected chi connectivity index (χ3v) is 4.37.